The molecular formula is C15H25BrIN3S. The predicted molar refractivity (Wildman–Crippen MR) is 110 cm³/mol. The van der Waals surface area contributed by atoms with Crippen molar-refractivity contribution < 1.29 is 0 Å². The molecule has 3 nitrogen and oxygen atoms in total. The van der Waals surface area contributed by atoms with Crippen molar-refractivity contribution in [1.29, 1.82) is 0 Å². The standard InChI is InChI=1S/C15H24BrN3S.HI/c1-17-15(18-10-6-7-11-20-3)19(2)12-13-8-4-5-9-14(13)16;/h4-5,8-9H,6-7,10-12H2,1-3H3,(H,17,18);1H. The highest BCUT2D eigenvalue weighted by atomic mass is 127. The number of rotatable bonds is 7. The average molecular weight is 486 g/mol. The quantitative estimate of drug-likeness (QED) is 0.271. The molecule has 0 aliphatic rings. The second-order valence-corrected chi connectivity index (χ2v) is 6.46. The van der Waals surface area contributed by atoms with Gasteiger partial charge in [-0.3, -0.25) is 4.99 Å². The Balaban J connectivity index is 0.00000400. The zero-order valence-electron chi connectivity index (χ0n) is 12.9. The molecule has 0 aliphatic carbocycles. The smallest absolute Gasteiger partial charge is 0.193 e. The van der Waals surface area contributed by atoms with Crippen LogP contribution in [0.3, 0.4) is 0 Å². The lowest BCUT2D eigenvalue weighted by molar-refractivity contribution is 0.474. The van der Waals surface area contributed by atoms with E-state index in [9.17, 15) is 0 Å². The minimum Gasteiger partial charge on any atom is -0.356 e. The van der Waals surface area contributed by atoms with Crippen LogP contribution in [0.25, 0.3) is 0 Å². The first kappa shape index (κ1) is 21.0. The summed E-state index contributed by atoms with van der Waals surface area (Å²) in [5, 5.41) is 3.42. The molecule has 0 heterocycles. The Labute approximate surface area is 158 Å². The van der Waals surface area contributed by atoms with Gasteiger partial charge in [0, 0.05) is 31.7 Å². The molecule has 6 heteroatoms. The maximum atomic E-state index is 4.34. The zero-order chi connectivity index (χ0) is 14.8. The third-order valence-electron chi connectivity index (χ3n) is 3.00. The highest BCUT2D eigenvalue weighted by molar-refractivity contribution is 14.0. The maximum Gasteiger partial charge on any atom is 0.193 e. The number of nitrogens with zero attached hydrogens (tertiary/aromatic N) is 2. The number of guanidine groups is 1. The van der Waals surface area contributed by atoms with E-state index in [1.165, 1.54) is 24.2 Å². The molecule has 0 radical (unpaired) electrons. The molecular weight excluding hydrogens is 461 g/mol. The van der Waals surface area contributed by atoms with Crippen molar-refractivity contribution in [2.24, 2.45) is 4.99 Å². The van der Waals surface area contributed by atoms with Crippen molar-refractivity contribution in [3.05, 3.63) is 34.3 Å². The maximum absolute atomic E-state index is 4.34. The summed E-state index contributed by atoms with van der Waals surface area (Å²) in [4.78, 5) is 6.49. The molecule has 120 valence electrons. The molecule has 0 bridgehead atoms. The fourth-order valence-corrected chi connectivity index (χ4v) is 2.82. The Morgan fingerprint density at radius 3 is 2.67 bits per heavy atom. The van der Waals surface area contributed by atoms with Gasteiger partial charge >= 0.3 is 0 Å². The number of aliphatic imine (C=N–C) groups is 1. The van der Waals surface area contributed by atoms with Crippen molar-refractivity contribution in [2.75, 3.05) is 32.6 Å². The van der Waals surface area contributed by atoms with Gasteiger partial charge in [0.2, 0.25) is 0 Å². The summed E-state index contributed by atoms with van der Waals surface area (Å²) in [5.41, 5.74) is 1.26. The molecule has 0 saturated carbocycles. The first-order chi connectivity index (χ1) is 9.69. The van der Waals surface area contributed by atoms with Crippen molar-refractivity contribution in [3.63, 3.8) is 0 Å². The number of halogens is 2. The Hall–Kier alpha value is 0.0500. The molecule has 1 aromatic carbocycles. The highest BCUT2D eigenvalue weighted by Crippen LogP contribution is 2.17. The summed E-state index contributed by atoms with van der Waals surface area (Å²) in [6.45, 7) is 1.82. The first-order valence-electron chi connectivity index (χ1n) is 6.83. The van der Waals surface area contributed by atoms with Gasteiger partial charge in [-0.25, -0.2) is 0 Å². The topological polar surface area (TPSA) is 27.6 Å². The van der Waals surface area contributed by atoms with Crippen LogP contribution < -0.4 is 5.32 Å². The predicted octanol–water partition coefficient (Wildman–Crippen LogP) is 4.22. The summed E-state index contributed by atoms with van der Waals surface area (Å²) < 4.78 is 1.14. The van der Waals surface area contributed by atoms with E-state index in [0.29, 0.717) is 0 Å². The van der Waals surface area contributed by atoms with Gasteiger partial charge in [-0.1, -0.05) is 34.1 Å². The number of benzene rings is 1. The number of thioether (sulfide) groups is 1. The third-order valence-corrected chi connectivity index (χ3v) is 4.47. The van der Waals surface area contributed by atoms with Crippen molar-refractivity contribution in [2.45, 2.75) is 19.4 Å². The lowest BCUT2D eigenvalue weighted by Crippen LogP contribution is -2.38. The van der Waals surface area contributed by atoms with E-state index in [4.69, 9.17) is 0 Å². The summed E-state index contributed by atoms with van der Waals surface area (Å²) >= 11 is 5.49. The Bertz CT molecular complexity index is 429. The van der Waals surface area contributed by atoms with Crippen LogP contribution in [0, 0.1) is 0 Å². The first-order valence-corrected chi connectivity index (χ1v) is 9.02. The third kappa shape index (κ3) is 8.30. The number of nitrogens with one attached hydrogen (secondary N) is 1. The Kier molecular flexibility index (Phi) is 12.6. The van der Waals surface area contributed by atoms with E-state index in [1.807, 2.05) is 24.9 Å². The minimum atomic E-state index is 0. The van der Waals surface area contributed by atoms with E-state index < -0.39 is 0 Å². The van der Waals surface area contributed by atoms with Gasteiger partial charge in [0.1, 0.15) is 0 Å². The molecule has 0 fully saturated rings. The molecule has 0 aliphatic heterocycles. The van der Waals surface area contributed by atoms with Crippen LogP contribution in [-0.2, 0) is 6.54 Å². The molecule has 0 atom stereocenters. The van der Waals surface area contributed by atoms with Gasteiger partial charge < -0.3 is 10.2 Å². The molecule has 1 rings (SSSR count). The molecule has 21 heavy (non-hydrogen) atoms. The molecule has 0 aromatic heterocycles. The van der Waals surface area contributed by atoms with E-state index in [2.05, 4.69) is 62.6 Å². The van der Waals surface area contributed by atoms with Crippen LogP contribution in [0.2, 0.25) is 0 Å². The van der Waals surface area contributed by atoms with Gasteiger partial charge in [-0.2, -0.15) is 11.8 Å². The molecule has 0 amide bonds. The second kappa shape index (κ2) is 12.6. The number of unbranched alkanes of at least 4 members (excludes halogenated alkanes) is 1. The summed E-state index contributed by atoms with van der Waals surface area (Å²) in [6, 6.07) is 8.30. The fraction of sp³-hybridized carbons (Fsp3) is 0.533. The van der Waals surface area contributed by atoms with Crippen LogP contribution in [0.1, 0.15) is 18.4 Å². The monoisotopic (exact) mass is 485 g/mol. The van der Waals surface area contributed by atoms with Gasteiger partial charge in [0.15, 0.2) is 5.96 Å². The normalized spacial score (nSPS) is 11.0. The van der Waals surface area contributed by atoms with Gasteiger partial charge in [0.05, 0.1) is 0 Å². The highest BCUT2D eigenvalue weighted by Gasteiger charge is 2.07. The second-order valence-electron chi connectivity index (χ2n) is 4.62. The van der Waals surface area contributed by atoms with Gasteiger partial charge in [0.25, 0.3) is 0 Å². The van der Waals surface area contributed by atoms with Gasteiger partial charge in [-0.05, 0) is 36.5 Å². The van der Waals surface area contributed by atoms with Crippen LogP contribution in [0.4, 0.5) is 0 Å². The average Bonchev–Trinajstić information content (AvgIpc) is 2.45. The summed E-state index contributed by atoms with van der Waals surface area (Å²) in [7, 11) is 3.90. The largest absolute Gasteiger partial charge is 0.356 e. The lowest BCUT2D eigenvalue weighted by atomic mass is 10.2. The molecule has 0 unspecified atom stereocenters. The molecule has 0 saturated heterocycles. The zero-order valence-corrected chi connectivity index (χ0v) is 17.7. The van der Waals surface area contributed by atoms with Crippen molar-refractivity contribution >= 4 is 57.6 Å². The SMILES string of the molecule is CN=C(NCCCCSC)N(C)Cc1ccccc1Br.I. The van der Waals surface area contributed by atoms with E-state index >= 15 is 0 Å². The molecule has 0 spiro atoms. The molecule has 1 aromatic rings. The summed E-state index contributed by atoms with van der Waals surface area (Å²) in [5.74, 6) is 2.18. The Morgan fingerprint density at radius 1 is 1.33 bits per heavy atom. The van der Waals surface area contributed by atoms with Crippen LogP contribution >= 0.6 is 51.7 Å². The minimum absolute atomic E-state index is 0. The van der Waals surface area contributed by atoms with Gasteiger partial charge in [-0.15, -0.1) is 24.0 Å². The van der Waals surface area contributed by atoms with Crippen LogP contribution in [-0.4, -0.2) is 43.5 Å². The summed E-state index contributed by atoms with van der Waals surface area (Å²) in [6.07, 6.45) is 4.58. The number of hydrogen-bond donors (Lipinski definition) is 1. The lowest BCUT2D eigenvalue weighted by Gasteiger charge is -2.22. The fourth-order valence-electron chi connectivity index (χ4n) is 1.91. The molecule has 1 N–H and O–H groups in total. The Morgan fingerprint density at radius 2 is 2.05 bits per heavy atom. The van der Waals surface area contributed by atoms with Crippen LogP contribution in [0.15, 0.2) is 33.7 Å². The van der Waals surface area contributed by atoms with E-state index in [-0.39, 0.29) is 24.0 Å². The number of hydrogen-bond acceptors (Lipinski definition) is 2. The van der Waals surface area contributed by atoms with Crippen LogP contribution in [0.5, 0.6) is 0 Å². The van der Waals surface area contributed by atoms with E-state index in [0.717, 1.165) is 23.5 Å². The van der Waals surface area contributed by atoms with Crippen molar-refractivity contribution in [1.82, 2.24) is 10.2 Å². The van der Waals surface area contributed by atoms with Crippen molar-refractivity contribution in [3.8, 4) is 0 Å². The van der Waals surface area contributed by atoms with E-state index in [1.54, 1.807) is 0 Å².